The van der Waals surface area contributed by atoms with Crippen molar-refractivity contribution in [1.29, 1.82) is 0 Å². The molecule has 0 spiro atoms. The molecule has 1 aliphatic rings. The van der Waals surface area contributed by atoms with Gasteiger partial charge in [0.2, 0.25) is 0 Å². The fourth-order valence-corrected chi connectivity index (χ4v) is 2.03. The molecule has 1 aromatic carbocycles. The molecule has 1 aliphatic heterocycles. The summed E-state index contributed by atoms with van der Waals surface area (Å²) in [5.41, 5.74) is 0.210. The molecule has 1 atom stereocenters. The summed E-state index contributed by atoms with van der Waals surface area (Å²) in [5.74, 6) is -0.474. The van der Waals surface area contributed by atoms with E-state index in [1.807, 2.05) is 0 Å². The zero-order chi connectivity index (χ0) is 17.6. The Bertz CT molecular complexity index is 575. The third-order valence-electron chi connectivity index (χ3n) is 3.12. The molecule has 24 heavy (non-hydrogen) atoms. The maximum absolute atomic E-state index is 12.1. The average molecular weight is 337 g/mol. The molecular formula is C17H23NO6. The SMILES string of the molecule is CC(C)(C)OC(=O)Nc1cccc(C(=O)OCC2CCOCO2)c1. The highest BCUT2D eigenvalue weighted by molar-refractivity contribution is 5.92. The summed E-state index contributed by atoms with van der Waals surface area (Å²) >= 11 is 0. The fraction of sp³-hybridized carbons (Fsp3) is 0.529. The van der Waals surface area contributed by atoms with Gasteiger partial charge in [-0.2, -0.15) is 0 Å². The van der Waals surface area contributed by atoms with Crippen molar-refractivity contribution in [3.8, 4) is 0 Å². The number of amides is 1. The molecule has 2 rings (SSSR count). The van der Waals surface area contributed by atoms with Gasteiger partial charge in [0.1, 0.15) is 19.0 Å². The number of esters is 1. The topological polar surface area (TPSA) is 83.1 Å². The summed E-state index contributed by atoms with van der Waals surface area (Å²) < 4.78 is 20.8. The van der Waals surface area contributed by atoms with Crippen molar-refractivity contribution in [2.75, 3.05) is 25.3 Å². The lowest BCUT2D eigenvalue weighted by atomic mass is 10.2. The normalized spacial score (nSPS) is 17.9. The minimum atomic E-state index is -0.593. The summed E-state index contributed by atoms with van der Waals surface area (Å²) in [6, 6.07) is 6.49. The molecule has 0 bridgehead atoms. The third-order valence-corrected chi connectivity index (χ3v) is 3.12. The van der Waals surface area contributed by atoms with Gasteiger partial charge in [-0.05, 0) is 39.0 Å². The largest absolute Gasteiger partial charge is 0.459 e. The van der Waals surface area contributed by atoms with Crippen LogP contribution in [0, 0.1) is 0 Å². The van der Waals surface area contributed by atoms with Crippen LogP contribution in [0.3, 0.4) is 0 Å². The maximum Gasteiger partial charge on any atom is 0.412 e. The summed E-state index contributed by atoms with van der Waals surface area (Å²) in [6.45, 7) is 6.32. The number of carbonyl (C=O) groups is 2. The Morgan fingerprint density at radius 1 is 1.33 bits per heavy atom. The van der Waals surface area contributed by atoms with Crippen molar-refractivity contribution >= 4 is 17.7 Å². The number of hydrogen-bond donors (Lipinski definition) is 1. The van der Waals surface area contributed by atoms with Crippen LogP contribution >= 0.6 is 0 Å². The van der Waals surface area contributed by atoms with Crippen molar-refractivity contribution in [3.05, 3.63) is 29.8 Å². The lowest BCUT2D eigenvalue weighted by Crippen LogP contribution is -2.29. The highest BCUT2D eigenvalue weighted by Gasteiger charge is 2.18. The molecule has 0 saturated carbocycles. The van der Waals surface area contributed by atoms with Gasteiger partial charge in [0.05, 0.1) is 18.3 Å². The number of hydrogen-bond acceptors (Lipinski definition) is 6. The maximum atomic E-state index is 12.1. The Morgan fingerprint density at radius 3 is 2.79 bits per heavy atom. The Labute approximate surface area is 141 Å². The van der Waals surface area contributed by atoms with E-state index in [-0.39, 0.29) is 19.5 Å². The van der Waals surface area contributed by atoms with Gasteiger partial charge in [0.25, 0.3) is 0 Å². The van der Waals surface area contributed by atoms with E-state index in [9.17, 15) is 9.59 Å². The molecule has 0 radical (unpaired) electrons. The van der Waals surface area contributed by atoms with Crippen LogP contribution in [-0.4, -0.2) is 43.8 Å². The second kappa shape index (κ2) is 8.12. The first-order valence-electron chi connectivity index (χ1n) is 7.80. The van der Waals surface area contributed by atoms with Crippen molar-refractivity contribution in [2.45, 2.75) is 38.9 Å². The highest BCUT2D eigenvalue weighted by Crippen LogP contribution is 2.15. The summed E-state index contributed by atoms with van der Waals surface area (Å²) in [4.78, 5) is 23.9. The highest BCUT2D eigenvalue weighted by atomic mass is 16.7. The Kier molecular flexibility index (Phi) is 6.16. The van der Waals surface area contributed by atoms with E-state index in [0.717, 1.165) is 0 Å². The molecule has 132 valence electrons. The summed E-state index contributed by atoms with van der Waals surface area (Å²) in [5, 5.41) is 2.59. The molecule has 1 amide bonds. The number of ether oxygens (including phenoxy) is 4. The predicted molar refractivity (Wildman–Crippen MR) is 86.9 cm³/mol. The molecule has 0 aliphatic carbocycles. The third kappa shape index (κ3) is 6.17. The standard InChI is InChI=1S/C17H23NO6/c1-17(2,3)24-16(20)18-13-6-4-5-12(9-13)15(19)22-10-14-7-8-21-11-23-14/h4-6,9,14H,7-8,10-11H2,1-3H3,(H,18,20). The first-order chi connectivity index (χ1) is 11.3. The first-order valence-corrected chi connectivity index (χ1v) is 7.80. The van der Waals surface area contributed by atoms with E-state index in [1.165, 1.54) is 6.07 Å². The molecule has 1 unspecified atom stereocenters. The van der Waals surface area contributed by atoms with E-state index < -0.39 is 17.7 Å². The zero-order valence-corrected chi connectivity index (χ0v) is 14.2. The van der Waals surface area contributed by atoms with Crippen LogP contribution in [0.1, 0.15) is 37.6 Å². The average Bonchev–Trinajstić information content (AvgIpc) is 2.52. The lowest BCUT2D eigenvalue weighted by molar-refractivity contribution is -0.150. The Morgan fingerprint density at radius 2 is 2.12 bits per heavy atom. The molecule has 1 fully saturated rings. The van der Waals surface area contributed by atoms with Crippen LogP contribution in [0.4, 0.5) is 10.5 Å². The number of benzene rings is 1. The number of anilines is 1. The molecule has 7 nitrogen and oxygen atoms in total. The van der Waals surface area contributed by atoms with Crippen molar-refractivity contribution in [2.24, 2.45) is 0 Å². The molecule has 1 N–H and O–H groups in total. The van der Waals surface area contributed by atoms with Crippen LogP contribution in [0.5, 0.6) is 0 Å². The van der Waals surface area contributed by atoms with E-state index in [0.29, 0.717) is 24.3 Å². The van der Waals surface area contributed by atoms with E-state index in [1.54, 1.807) is 39.0 Å². The molecule has 7 heteroatoms. The second-order valence-corrected chi connectivity index (χ2v) is 6.41. The molecule has 1 aromatic rings. The monoisotopic (exact) mass is 337 g/mol. The lowest BCUT2D eigenvalue weighted by Gasteiger charge is -2.22. The van der Waals surface area contributed by atoms with Gasteiger partial charge in [-0.15, -0.1) is 0 Å². The molecule has 1 heterocycles. The van der Waals surface area contributed by atoms with Gasteiger partial charge in [-0.1, -0.05) is 6.07 Å². The number of carbonyl (C=O) groups excluding carboxylic acids is 2. The van der Waals surface area contributed by atoms with Crippen molar-refractivity contribution < 1.29 is 28.5 Å². The Balaban J connectivity index is 1.88. The van der Waals surface area contributed by atoms with Gasteiger partial charge in [-0.25, -0.2) is 9.59 Å². The van der Waals surface area contributed by atoms with Crippen LogP contribution < -0.4 is 5.32 Å². The molecule has 1 saturated heterocycles. The van der Waals surface area contributed by atoms with Crippen LogP contribution in [0.2, 0.25) is 0 Å². The van der Waals surface area contributed by atoms with Gasteiger partial charge >= 0.3 is 12.1 Å². The van der Waals surface area contributed by atoms with Gasteiger partial charge in [-0.3, -0.25) is 5.32 Å². The van der Waals surface area contributed by atoms with Crippen molar-refractivity contribution in [3.63, 3.8) is 0 Å². The molecule has 0 aromatic heterocycles. The number of rotatable bonds is 4. The van der Waals surface area contributed by atoms with Crippen LogP contribution in [-0.2, 0) is 18.9 Å². The smallest absolute Gasteiger partial charge is 0.412 e. The number of nitrogens with one attached hydrogen (secondary N) is 1. The minimum Gasteiger partial charge on any atom is -0.459 e. The van der Waals surface area contributed by atoms with Gasteiger partial charge < -0.3 is 18.9 Å². The zero-order valence-electron chi connectivity index (χ0n) is 14.2. The van der Waals surface area contributed by atoms with Crippen LogP contribution in [0.25, 0.3) is 0 Å². The molecular weight excluding hydrogens is 314 g/mol. The van der Waals surface area contributed by atoms with Gasteiger partial charge in [0, 0.05) is 12.1 Å². The van der Waals surface area contributed by atoms with Crippen LogP contribution in [0.15, 0.2) is 24.3 Å². The second-order valence-electron chi connectivity index (χ2n) is 6.41. The fourth-order valence-electron chi connectivity index (χ4n) is 2.03. The first kappa shape index (κ1) is 18.2. The van der Waals surface area contributed by atoms with Gasteiger partial charge in [0.15, 0.2) is 0 Å². The predicted octanol–water partition coefficient (Wildman–Crippen LogP) is 2.95. The minimum absolute atomic E-state index is 0.147. The Hall–Kier alpha value is -2.12. The quantitative estimate of drug-likeness (QED) is 0.851. The van der Waals surface area contributed by atoms with E-state index in [4.69, 9.17) is 18.9 Å². The summed E-state index contributed by atoms with van der Waals surface area (Å²) in [7, 11) is 0. The van der Waals surface area contributed by atoms with E-state index >= 15 is 0 Å². The summed E-state index contributed by atoms with van der Waals surface area (Å²) in [6.07, 6.45) is -0.0394. The van der Waals surface area contributed by atoms with E-state index in [2.05, 4.69) is 5.32 Å². The van der Waals surface area contributed by atoms with Crippen molar-refractivity contribution in [1.82, 2.24) is 0 Å².